The van der Waals surface area contributed by atoms with Gasteiger partial charge in [-0.3, -0.25) is 14.3 Å². The molecule has 2 aromatic rings. The molecule has 0 saturated carbocycles. The molecule has 11 heteroatoms. The van der Waals surface area contributed by atoms with E-state index in [-0.39, 0.29) is 27.3 Å². The lowest BCUT2D eigenvalue weighted by atomic mass is 10.1. The van der Waals surface area contributed by atoms with Crippen molar-refractivity contribution < 1.29 is 22.7 Å². The van der Waals surface area contributed by atoms with Crippen molar-refractivity contribution in [3.8, 4) is 5.75 Å². The summed E-state index contributed by atoms with van der Waals surface area (Å²) in [5.74, 6) is -1.05. The van der Waals surface area contributed by atoms with Gasteiger partial charge in [0.1, 0.15) is 5.75 Å². The highest BCUT2D eigenvalue weighted by Crippen LogP contribution is 2.34. The van der Waals surface area contributed by atoms with Gasteiger partial charge in [-0.15, -0.1) is 0 Å². The summed E-state index contributed by atoms with van der Waals surface area (Å²) in [5, 5.41) is 6.72. The number of halogens is 1. The lowest BCUT2D eigenvalue weighted by Crippen LogP contribution is -2.35. The average Bonchev–Trinajstić information content (AvgIpc) is 2.96. The zero-order chi connectivity index (χ0) is 20.6. The first-order valence-electron chi connectivity index (χ1n) is 8.54. The largest absolute Gasteiger partial charge is 0.479 e. The van der Waals surface area contributed by atoms with Crippen LogP contribution in [0.5, 0.6) is 5.75 Å². The maximum Gasteiger partial charge on any atom is 0.287 e. The van der Waals surface area contributed by atoms with E-state index in [0.29, 0.717) is 17.8 Å². The van der Waals surface area contributed by atoms with Gasteiger partial charge in [-0.2, -0.15) is 5.10 Å². The van der Waals surface area contributed by atoms with Crippen LogP contribution in [0.25, 0.3) is 0 Å². The Balaban J connectivity index is 1.90. The van der Waals surface area contributed by atoms with Gasteiger partial charge in [0.05, 0.1) is 15.6 Å². The van der Waals surface area contributed by atoms with Crippen LogP contribution in [0.2, 0.25) is 5.02 Å². The molecular formula is C17H19ClN4O5S. The molecule has 28 heavy (non-hydrogen) atoms. The molecule has 0 spiro atoms. The van der Waals surface area contributed by atoms with Crippen molar-refractivity contribution in [3.05, 3.63) is 34.6 Å². The Bertz CT molecular complexity index is 1060. The van der Waals surface area contributed by atoms with Crippen molar-refractivity contribution in [2.75, 3.05) is 5.32 Å². The minimum atomic E-state index is -4.22. The molecule has 3 rings (SSSR count). The van der Waals surface area contributed by atoms with Crippen LogP contribution < -0.4 is 14.8 Å². The second kappa shape index (κ2) is 7.44. The molecule has 9 nitrogen and oxygen atoms in total. The first-order chi connectivity index (χ1) is 13.1. The predicted octanol–water partition coefficient (Wildman–Crippen LogP) is 2.09. The van der Waals surface area contributed by atoms with Crippen LogP contribution in [-0.4, -0.2) is 36.1 Å². The van der Waals surface area contributed by atoms with E-state index < -0.39 is 22.0 Å². The number of hydrogen-bond acceptors (Lipinski definition) is 6. The van der Waals surface area contributed by atoms with Crippen LogP contribution in [0.3, 0.4) is 0 Å². The third-order valence-corrected chi connectivity index (χ3v) is 5.86. The fraction of sp³-hybridized carbons (Fsp3) is 0.353. The summed E-state index contributed by atoms with van der Waals surface area (Å²) >= 11 is 6.01. The molecule has 0 fully saturated rings. The molecule has 1 aliphatic rings. The van der Waals surface area contributed by atoms with Crippen LogP contribution >= 0.6 is 11.6 Å². The number of aryl methyl sites for hydroxylation is 2. The Hall–Kier alpha value is -2.59. The SMILES string of the molecule is CCCn1cc(Cl)c(C(=O)NS(=O)(=O)c2cc3c(cc2C)NC(=O)[C@H](C)O3)n1. The van der Waals surface area contributed by atoms with E-state index in [1.54, 1.807) is 13.8 Å². The Kier molecular flexibility index (Phi) is 5.35. The van der Waals surface area contributed by atoms with E-state index in [4.69, 9.17) is 16.3 Å². The van der Waals surface area contributed by atoms with Crippen molar-refractivity contribution in [1.29, 1.82) is 0 Å². The third-order valence-electron chi connectivity index (χ3n) is 4.11. The second-order valence-electron chi connectivity index (χ2n) is 6.39. The van der Waals surface area contributed by atoms with Crippen molar-refractivity contribution in [3.63, 3.8) is 0 Å². The first kappa shape index (κ1) is 20.2. The van der Waals surface area contributed by atoms with Crippen LogP contribution in [0.1, 0.15) is 36.3 Å². The Morgan fingerprint density at radius 3 is 2.82 bits per heavy atom. The zero-order valence-corrected chi connectivity index (χ0v) is 17.0. The highest BCUT2D eigenvalue weighted by Gasteiger charge is 2.29. The summed E-state index contributed by atoms with van der Waals surface area (Å²) in [6.45, 7) is 5.57. The fourth-order valence-corrected chi connectivity index (χ4v) is 4.18. The molecule has 2 N–H and O–H groups in total. The van der Waals surface area contributed by atoms with E-state index >= 15 is 0 Å². The molecule has 0 bridgehead atoms. The number of amides is 2. The molecule has 2 heterocycles. The standard InChI is InChI=1S/C17H19ClN4O5S/c1-4-5-22-8-11(18)15(20-22)17(24)21-28(25,26)14-7-13-12(6-9(14)2)19-16(23)10(3)27-13/h6-8,10H,4-5H2,1-3H3,(H,19,23)(H,21,24)/t10-/m0/s1. The van der Waals surface area contributed by atoms with E-state index in [2.05, 4.69) is 10.4 Å². The van der Waals surface area contributed by atoms with Gasteiger partial charge in [0.2, 0.25) is 0 Å². The van der Waals surface area contributed by atoms with Crippen LogP contribution in [0, 0.1) is 6.92 Å². The third kappa shape index (κ3) is 3.83. The molecule has 1 aromatic heterocycles. The maximum absolute atomic E-state index is 12.8. The average molecular weight is 427 g/mol. The Morgan fingerprint density at radius 2 is 2.14 bits per heavy atom. The number of rotatable bonds is 5. The normalized spacial score (nSPS) is 16.1. The molecule has 1 atom stereocenters. The summed E-state index contributed by atoms with van der Waals surface area (Å²) in [6.07, 6.45) is 1.48. The van der Waals surface area contributed by atoms with E-state index in [0.717, 1.165) is 6.42 Å². The molecule has 0 saturated heterocycles. The summed E-state index contributed by atoms with van der Waals surface area (Å²) < 4.78 is 34.4. The minimum Gasteiger partial charge on any atom is -0.479 e. The molecule has 0 unspecified atom stereocenters. The fourth-order valence-electron chi connectivity index (χ4n) is 2.75. The number of fused-ring (bicyclic) bond motifs is 1. The first-order valence-corrected chi connectivity index (χ1v) is 10.4. The van der Waals surface area contributed by atoms with Crippen molar-refractivity contribution >= 4 is 39.1 Å². The van der Waals surface area contributed by atoms with Crippen LogP contribution in [-0.2, 0) is 21.4 Å². The molecule has 0 aliphatic carbocycles. The second-order valence-corrected chi connectivity index (χ2v) is 8.44. The molecule has 1 aliphatic heterocycles. The van der Waals surface area contributed by atoms with Gasteiger partial charge >= 0.3 is 0 Å². The number of carbonyl (C=O) groups excluding carboxylic acids is 2. The van der Waals surface area contributed by atoms with E-state index in [1.165, 1.54) is 23.0 Å². The topological polar surface area (TPSA) is 119 Å². The van der Waals surface area contributed by atoms with Gasteiger partial charge in [0, 0.05) is 18.8 Å². The van der Waals surface area contributed by atoms with Gasteiger partial charge in [0.15, 0.2) is 11.8 Å². The van der Waals surface area contributed by atoms with E-state index in [9.17, 15) is 18.0 Å². The van der Waals surface area contributed by atoms with Crippen molar-refractivity contribution in [1.82, 2.24) is 14.5 Å². The lowest BCUT2D eigenvalue weighted by molar-refractivity contribution is -0.122. The van der Waals surface area contributed by atoms with E-state index in [1.807, 2.05) is 11.6 Å². The van der Waals surface area contributed by atoms with Crippen molar-refractivity contribution in [2.45, 2.75) is 44.7 Å². The number of hydrogen-bond donors (Lipinski definition) is 2. The Morgan fingerprint density at radius 1 is 1.43 bits per heavy atom. The molecule has 150 valence electrons. The van der Waals surface area contributed by atoms with Gasteiger partial charge < -0.3 is 10.1 Å². The highest BCUT2D eigenvalue weighted by atomic mass is 35.5. The number of sulfonamides is 1. The summed E-state index contributed by atoms with van der Waals surface area (Å²) in [4.78, 5) is 24.0. The number of benzene rings is 1. The molecule has 2 amide bonds. The number of anilines is 1. The highest BCUT2D eigenvalue weighted by molar-refractivity contribution is 7.90. The molecule has 0 radical (unpaired) electrons. The smallest absolute Gasteiger partial charge is 0.287 e. The van der Waals surface area contributed by atoms with Gasteiger partial charge in [-0.1, -0.05) is 18.5 Å². The van der Waals surface area contributed by atoms with Gasteiger partial charge in [-0.05, 0) is 31.9 Å². The number of nitrogens with one attached hydrogen (secondary N) is 2. The van der Waals surface area contributed by atoms with Crippen molar-refractivity contribution in [2.24, 2.45) is 0 Å². The number of ether oxygens (including phenoxy) is 1. The van der Waals surface area contributed by atoms with Crippen LogP contribution in [0.15, 0.2) is 23.2 Å². The predicted molar refractivity (Wildman–Crippen MR) is 102 cm³/mol. The monoisotopic (exact) mass is 426 g/mol. The molecule has 1 aromatic carbocycles. The summed E-state index contributed by atoms with van der Waals surface area (Å²) in [7, 11) is -4.22. The van der Waals surface area contributed by atoms with Gasteiger partial charge in [-0.25, -0.2) is 13.1 Å². The van der Waals surface area contributed by atoms with Gasteiger partial charge in [0.25, 0.3) is 21.8 Å². The quantitative estimate of drug-likeness (QED) is 0.755. The Labute approximate surface area is 167 Å². The maximum atomic E-state index is 12.8. The number of aromatic nitrogens is 2. The van der Waals surface area contributed by atoms with Crippen LogP contribution in [0.4, 0.5) is 5.69 Å². The zero-order valence-electron chi connectivity index (χ0n) is 15.4. The number of nitrogens with zero attached hydrogens (tertiary/aromatic N) is 2. The lowest BCUT2D eigenvalue weighted by Gasteiger charge is -2.24. The summed E-state index contributed by atoms with van der Waals surface area (Å²) in [5.41, 5.74) is 0.527. The minimum absolute atomic E-state index is 0.0585. The number of carbonyl (C=O) groups is 2. The molecular weight excluding hydrogens is 408 g/mol. The summed E-state index contributed by atoms with van der Waals surface area (Å²) in [6, 6.07) is 2.74.